The van der Waals surface area contributed by atoms with Crippen molar-refractivity contribution in [1.82, 2.24) is 14.5 Å². The first kappa shape index (κ1) is 25.0. The molecule has 192 valence electrons. The van der Waals surface area contributed by atoms with Gasteiger partial charge in [-0.25, -0.2) is 13.8 Å². The van der Waals surface area contributed by atoms with E-state index in [1.807, 2.05) is 6.07 Å². The van der Waals surface area contributed by atoms with E-state index in [1.54, 1.807) is 47.2 Å². The SMILES string of the molecule is Cn1c(=O)cc(N2CCN(C(c3ccc(F)cc3)c3ccc(F)cc3)[C@H](C(=O)O)C2)c2nc(C#N)ccc21. The average molecular weight is 516 g/mol. The van der Waals surface area contributed by atoms with Gasteiger partial charge in [0.25, 0.3) is 5.56 Å². The van der Waals surface area contributed by atoms with E-state index < -0.39 is 29.7 Å². The molecule has 1 aliphatic rings. The predicted molar refractivity (Wildman–Crippen MR) is 137 cm³/mol. The first-order valence-electron chi connectivity index (χ1n) is 11.9. The number of aryl methyl sites for hydroxylation is 1. The third-order valence-corrected chi connectivity index (χ3v) is 6.93. The van der Waals surface area contributed by atoms with Gasteiger partial charge in [-0.05, 0) is 47.5 Å². The van der Waals surface area contributed by atoms with E-state index in [-0.39, 0.29) is 24.3 Å². The second kappa shape index (κ2) is 10.0. The van der Waals surface area contributed by atoms with Crippen LogP contribution in [0.5, 0.6) is 0 Å². The number of carbonyl (C=O) groups is 1. The molecule has 8 nitrogen and oxygen atoms in total. The van der Waals surface area contributed by atoms with E-state index in [9.17, 15) is 28.7 Å². The molecule has 3 heterocycles. The number of piperazine rings is 1. The summed E-state index contributed by atoms with van der Waals surface area (Å²) in [6, 6.07) is 16.6. The van der Waals surface area contributed by atoms with Gasteiger partial charge in [0.05, 0.1) is 17.2 Å². The zero-order valence-electron chi connectivity index (χ0n) is 20.4. The molecule has 1 N–H and O–H groups in total. The summed E-state index contributed by atoms with van der Waals surface area (Å²) in [7, 11) is 1.61. The molecule has 4 aromatic rings. The van der Waals surface area contributed by atoms with Crippen LogP contribution in [0.25, 0.3) is 11.0 Å². The van der Waals surface area contributed by atoms with Crippen LogP contribution >= 0.6 is 0 Å². The fourth-order valence-corrected chi connectivity index (χ4v) is 5.03. The Morgan fingerprint density at radius 1 is 1.03 bits per heavy atom. The summed E-state index contributed by atoms with van der Waals surface area (Å²) in [5.74, 6) is -1.93. The van der Waals surface area contributed by atoms with Crippen molar-refractivity contribution in [1.29, 1.82) is 5.26 Å². The van der Waals surface area contributed by atoms with Crippen LogP contribution in [-0.4, -0.2) is 51.2 Å². The molecule has 1 aliphatic heterocycles. The van der Waals surface area contributed by atoms with E-state index in [1.165, 1.54) is 41.0 Å². The monoisotopic (exact) mass is 515 g/mol. The number of pyridine rings is 2. The zero-order chi connectivity index (χ0) is 27.0. The van der Waals surface area contributed by atoms with E-state index in [2.05, 4.69) is 4.98 Å². The number of hydrogen-bond acceptors (Lipinski definition) is 6. The summed E-state index contributed by atoms with van der Waals surface area (Å²) >= 11 is 0. The first-order chi connectivity index (χ1) is 18.3. The highest BCUT2D eigenvalue weighted by molar-refractivity contribution is 5.89. The maximum Gasteiger partial charge on any atom is 0.322 e. The van der Waals surface area contributed by atoms with Gasteiger partial charge in [-0.2, -0.15) is 5.26 Å². The Labute approximate surface area is 216 Å². The molecule has 2 aromatic heterocycles. The maximum atomic E-state index is 13.7. The Balaban J connectivity index is 1.57. The molecular formula is C28H23F2N5O3. The minimum Gasteiger partial charge on any atom is -0.480 e. The van der Waals surface area contributed by atoms with Crippen molar-refractivity contribution in [2.75, 3.05) is 24.5 Å². The second-order valence-corrected chi connectivity index (χ2v) is 9.15. The van der Waals surface area contributed by atoms with Crippen molar-refractivity contribution in [3.8, 4) is 6.07 Å². The Morgan fingerprint density at radius 3 is 2.18 bits per heavy atom. The standard InChI is InChI=1S/C28H23F2N5O3/c1-33-22-11-10-21(15-31)32-26(22)23(14-25(33)36)34-12-13-35(24(16-34)28(37)38)27(17-2-6-19(29)7-3-17)18-4-8-20(30)9-5-18/h2-11,14,24,27H,12-13,16H2,1H3,(H,37,38)/t24-/m0/s1. The summed E-state index contributed by atoms with van der Waals surface area (Å²) in [5.41, 5.74) is 2.62. The van der Waals surface area contributed by atoms with Crippen LogP contribution in [-0.2, 0) is 11.8 Å². The quantitative estimate of drug-likeness (QED) is 0.434. The summed E-state index contributed by atoms with van der Waals surface area (Å²) < 4.78 is 28.9. The Bertz CT molecular complexity index is 1570. The lowest BCUT2D eigenvalue weighted by atomic mass is 9.94. The maximum absolute atomic E-state index is 13.7. The highest BCUT2D eigenvalue weighted by Gasteiger charge is 2.38. The van der Waals surface area contributed by atoms with Crippen molar-refractivity contribution in [3.05, 3.63) is 106 Å². The van der Waals surface area contributed by atoms with Crippen LogP contribution < -0.4 is 10.5 Å². The Kier molecular flexibility index (Phi) is 6.61. The lowest BCUT2D eigenvalue weighted by Crippen LogP contribution is -2.57. The van der Waals surface area contributed by atoms with Crippen LogP contribution in [0.2, 0.25) is 0 Å². The van der Waals surface area contributed by atoms with E-state index >= 15 is 0 Å². The molecule has 2 aromatic carbocycles. The molecular weight excluding hydrogens is 492 g/mol. The summed E-state index contributed by atoms with van der Waals surface area (Å²) in [6.07, 6.45) is 0. The number of halogens is 2. The fourth-order valence-electron chi connectivity index (χ4n) is 5.03. The predicted octanol–water partition coefficient (Wildman–Crippen LogP) is 3.45. The number of hydrogen-bond donors (Lipinski definition) is 1. The Hall–Kier alpha value is -4.62. The topological polar surface area (TPSA) is 102 Å². The molecule has 1 fully saturated rings. The van der Waals surface area contributed by atoms with Gasteiger partial charge in [-0.1, -0.05) is 24.3 Å². The van der Waals surface area contributed by atoms with Crippen molar-refractivity contribution in [2.24, 2.45) is 7.05 Å². The van der Waals surface area contributed by atoms with E-state index in [0.29, 0.717) is 34.4 Å². The first-order valence-corrected chi connectivity index (χ1v) is 11.9. The lowest BCUT2D eigenvalue weighted by molar-refractivity contribution is -0.144. The highest BCUT2D eigenvalue weighted by atomic mass is 19.1. The zero-order valence-corrected chi connectivity index (χ0v) is 20.4. The number of carboxylic acid groups (broad SMARTS) is 1. The third-order valence-electron chi connectivity index (χ3n) is 6.93. The largest absolute Gasteiger partial charge is 0.480 e. The smallest absolute Gasteiger partial charge is 0.322 e. The fraction of sp³-hybridized carbons (Fsp3) is 0.214. The molecule has 1 saturated heterocycles. The molecule has 0 spiro atoms. The van der Waals surface area contributed by atoms with Crippen LogP contribution in [0, 0.1) is 23.0 Å². The molecule has 38 heavy (non-hydrogen) atoms. The molecule has 0 amide bonds. The number of carboxylic acids is 1. The molecule has 1 atom stereocenters. The van der Waals surface area contributed by atoms with Gasteiger partial charge in [0.1, 0.15) is 35.0 Å². The number of rotatable bonds is 5. The number of nitriles is 1. The summed E-state index contributed by atoms with van der Waals surface area (Å²) in [5, 5.41) is 19.6. The van der Waals surface area contributed by atoms with E-state index in [0.717, 1.165) is 0 Å². The second-order valence-electron chi connectivity index (χ2n) is 9.15. The van der Waals surface area contributed by atoms with Gasteiger partial charge < -0.3 is 14.6 Å². The molecule has 10 heteroatoms. The van der Waals surface area contributed by atoms with Gasteiger partial charge >= 0.3 is 5.97 Å². The van der Waals surface area contributed by atoms with Crippen LogP contribution in [0.3, 0.4) is 0 Å². The molecule has 0 aliphatic carbocycles. The molecule has 0 bridgehead atoms. The number of aliphatic carboxylic acids is 1. The minimum atomic E-state index is -1.08. The molecule has 0 saturated carbocycles. The molecule has 5 rings (SSSR count). The number of anilines is 1. The van der Waals surface area contributed by atoms with Gasteiger partial charge in [0.15, 0.2) is 0 Å². The van der Waals surface area contributed by atoms with Gasteiger partial charge in [0.2, 0.25) is 0 Å². The van der Waals surface area contributed by atoms with Gasteiger partial charge in [-0.15, -0.1) is 0 Å². The number of aromatic nitrogens is 2. The van der Waals surface area contributed by atoms with Crippen molar-refractivity contribution in [2.45, 2.75) is 12.1 Å². The van der Waals surface area contributed by atoms with Crippen molar-refractivity contribution < 1.29 is 18.7 Å². The average Bonchev–Trinajstić information content (AvgIpc) is 2.92. The number of benzene rings is 2. The number of fused-ring (bicyclic) bond motifs is 1. The summed E-state index contributed by atoms with van der Waals surface area (Å²) in [4.78, 5) is 33.3. The summed E-state index contributed by atoms with van der Waals surface area (Å²) in [6.45, 7) is 0.642. The third kappa shape index (κ3) is 4.60. The Morgan fingerprint density at radius 2 is 1.63 bits per heavy atom. The van der Waals surface area contributed by atoms with Gasteiger partial charge in [0, 0.05) is 32.7 Å². The normalized spacial score (nSPS) is 16.1. The minimum absolute atomic E-state index is 0.0228. The van der Waals surface area contributed by atoms with Crippen molar-refractivity contribution in [3.63, 3.8) is 0 Å². The lowest BCUT2D eigenvalue weighted by Gasteiger charge is -2.44. The van der Waals surface area contributed by atoms with E-state index in [4.69, 9.17) is 0 Å². The van der Waals surface area contributed by atoms with Crippen LogP contribution in [0.1, 0.15) is 22.9 Å². The van der Waals surface area contributed by atoms with Crippen LogP contribution in [0.4, 0.5) is 14.5 Å². The highest BCUT2D eigenvalue weighted by Crippen LogP contribution is 2.34. The molecule has 0 unspecified atom stereocenters. The van der Waals surface area contributed by atoms with Crippen LogP contribution in [0.15, 0.2) is 71.5 Å². The van der Waals surface area contributed by atoms with Crippen molar-refractivity contribution >= 4 is 22.7 Å². The van der Waals surface area contributed by atoms with Gasteiger partial charge in [-0.3, -0.25) is 14.5 Å². The molecule has 0 radical (unpaired) electrons. The number of nitrogens with zero attached hydrogens (tertiary/aromatic N) is 5.